The molecule has 3 heteroatoms. The lowest BCUT2D eigenvalue weighted by Gasteiger charge is -2.19. The number of halogens is 2. The number of rotatable bonds is 3. The van der Waals surface area contributed by atoms with Gasteiger partial charge in [0, 0.05) is 12.0 Å². The third-order valence-electron chi connectivity index (χ3n) is 3.46. The topological polar surface area (TPSA) is 17.1 Å². The summed E-state index contributed by atoms with van der Waals surface area (Å²) in [6.07, 6.45) is 0.103. The van der Waals surface area contributed by atoms with E-state index in [1.807, 2.05) is 24.3 Å². The number of hydrogen-bond acceptors (Lipinski definition) is 1. The Hall–Kier alpha value is -1.67. The molecule has 0 heterocycles. The Morgan fingerprint density at radius 2 is 1.71 bits per heavy atom. The van der Waals surface area contributed by atoms with E-state index in [0.29, 0.717) is 11.1 Å². The summed E-state index contributed by atoms with van der Waals surface area (Å²) in [7, 11) is 0. The molecule has 0 fully saturated rings. The Morgan fingerprint density at radius 3 is 2.29 bits per heavy atom. The van der Waals surface area contributed by atoms with E-state index < -0.39 is 5.82 Å². The summed E-state index contributed by atoms with van der Waals surface area (Å²) in [5.74, 6) is -0.562. The van der Waals surface area contributed by atoms with Crippen molar-refractivity contribution in [1.82, 2.24) is 0 Å². The molecule has 0 aliphatic carbocycles. The van der Waals surface area contributed by atoms with Gasteiger partial charge in [0.25, 0.3) is 0 Å². The van der Waals surface area contributed by atoms with Gasteiger partial charge >= 0.3 is 0 Å². The normalized spacial score (nSPS) is 11.5. The molecule has 0 spiro atoms. The van der Waals surface area contributed by atoms with E-state index in [4.69, 9.17) is 11.6 Å². The number of hydrogen-bond donors (Lipinski definition) is 0. The minimum absolute atomic E-state index is 0.0251. The number of ketones is 1. The van der Waals surface area contributed by atoms with Crippen molar-refractivity contribution in [3.63, 3.8) is 0 Å². The fourth-order valence-electron chi connectivity index (χ4n) is 2.12. The molecule has 0 aliphatic rings. The van der Waals surface area contributed by atoms with Crippen LogP contribution in [-0.2, 0) is 11.8 Å². The largest absolute Gasteiger partial charge is 0.294 e. The van der Waals surface area contributed by atoms with Gasteiger partial charge in [-0.15, -0.1) is 0 Å². The smallest absolute Gasteiger partial charge is 0.167 e. The van der Waals surface area contributed by atoms with Crippen LogP contribution < -0.4 is 0 Å². The summed E-state index contributed by atoms with van der Waals surface area (Å²) in [5.41, 5.74) is 2.35. The van der Waals surface area contributed by atoms with Crippen molar-refractivity contribution < 1.29 is 9.18 Å². The first kappa shape index (κ1) is 15.7. The van der Waals surface area contributed by atoms with Crippen LogP contribution in [0.25, 0.3) is 0 Å². The van der Waals surface area contributed by atoms with Gasteiger partial charge in [-0.05, 0) is 22.6 Å². The molecule has 0 aliphatic heterocycles. The van der Waals surface area contributed by atoms with Gasteiger partial charge in [0.15, 0.2) is 5.78 Å². The lowest BCUT2D eigenvalue weighted by Crippen LogP contribution is -2.11. The molecule has 0 saturated carbocycles. The summed E-state index contributed by atoms with van der Waals surface area (Å²) < 4.78 is 13.4. The fraction of sp³-hybridized carbons (Fsp3) is 0.278. The first-order valence-corrected chi connectivity index (χ1v) is 7.23. The quantitative estimate of drug-likeness (QED) is 0.712. The van der Waals surface area contributed by atoms with Crippen molar-refractivity contribution in [2.24, 2.45) is 0 Å². The van der Waals surface area contributed by atoms with E-state index >= 15 is 0 Å². The van der Waals surface area contributed by atoms with Gasteiger partial charge in [-0.1, -0.05) is 68.8 Å². The molecular weight excluding hydrogens is 287 g/mol. The molecular formula is C18H18ClFO. The van der Waals surface area contributed by atoms with E-state index in [1.165, 1.54) is 11.6 Å². The second-order valence-corrected chi connectivity index (χ2v) is 6.52. The first-order chi connectivity index (χ1) is 9.79. The monoisotopic (exact) mass is 304 g/mol. The summed E-state index contributed by atoms with van der Waals surface area (Å²) in [4.78, 5) is 12.3. The molecule has 0 atom stereocenters. The van der Waals surface area contributed by atoms with Crippen molar-refractivity contribution in [3.8, 4) is 0 Å². The molecule has 2 aromatic rings. The van der Waals surface area contributed by atoms with Crippen LogP contribution in [0.5, 0.6) is 0 Å². The molecule has 1 nitrogen and oxygen atoms in total. The SMILES string of the molecule is CC(C)(C)c1ccc(C(=O)Cc2cccc(F)c2Cl)cc1. The van der Waals surface area contributed by atoms with E-state index in [9.17, 15) is 9.18 Å². The maximum atomic E-state index is 13.4. The summed E-state index contributed by atoms with van der Waals surface area (Å²) in [5, 5.41) is 0.0251. The van der Waals surface area contributed by atoms with Crippen LogP contribution in [0.15, 0.2) is 42.5 Å². The van der Waals surface area contributed by atoms with Crippen molar-refractivity contribution in [1.29, 1.82) is 0 Å². The number of benzene rings is 2. The minimum atomic E-state index is -0.495. The Labute approximate surface area is 129 Å². The lowest BCUT2D eigenvalue weighted by atomic mass is 9.86. The first-order valence-electron chi connectivity index (χ1n) is 6.85. The average Bonchev–Trinajstić information content (AvgIpc) is 2.43. The van der Waals surface area contributed by atoms with Crippen molar-refractivity contribution in [2.45, 2.75) is 32.6 Å². The van der Waals surface area contributed by atoms with Crippen LogP contribution in [0.2, 0.25) is 5.02 Å². The van der Waals surface area contributed by atoms with E-state index in [1.54, 1.807) is 12.1 Å². The summed E-state index contributed by atoms with van der Waals surface area (Å²) in [6, 6.07) is 12.1. The summed E-state index contributed by atoms with van der Waals surface area (Å²) in [6.45, 7) is 6.36. The molecule has 110 valence electrons. The third kappa shape index (κ3) is 3.70. The minimum Gasteiger partial charge on any atom is -0.294 e. The van der Waals surface area contributed by atoms with Crippen LogP contribution in [-0.4, -0.2) is 5.78 Å². The highest BCUT2D eigenvalue weighted by atomic mass is 35.5. The van der Waals surface area contributed by atoms with Crippen LogP contribution in [0.3, 0.4) is 0 Å². The van der Waals surface area contributed by atoms with Crippen LogP contribution >= 0.6 is 11.6 Å². The van der Waals surface area contributed by atoms with Crippen LogP contribution in [0.1, 0.15) is 42.3 Å². The Balaban J connectivity index is 2.19. The maximum Gasteiger partial charge on any atom is 0.167 e. The molecule has 0 aromatic heterocycles. The Morgan fingerprint density at radius 1 is 1.10 bits per heavy atom. The predicted molar refractivity (Wildman–Crippen MR) is 84.6 cm³/mol. The second-order valence-electron chi connectivity index (χ2n) is 6.14. The highest BCUT2D eigenvalue weighted by Gasteiger charge is 2.15. The number of carbonyl (C=O) groups is 1. The van der Waals surface area contributed by atoms with Crippen molar-refractivity contribution in [2.75, 3.05) is 0 Å². The molecule has 2 aromatic carbocycles. The Bertz CT molecular complexity index is 654. The highest BCUT2D eigenvalue weighted by Crippen LogP contribution is 2.24. The van der Waals surface area contributed by atoms with Gasteiger partial charge in [0.05, 0.1) is 5.02 Å². The molecule has 0 amide bonds. The second kappa shape index (κ2) is 5.98. The van der Waals surface area contributed by atoms with Gasteiger partial charge in [-0.2, -0.15) is 0 Å². The zero-order valence-corrected chi connectivity index (χ0v) is 13.2. The van der Waals surface area contributed by atoms with Crippen molar-refractivity contribution in [3.05, 3.63) is 70.0 Å². The van der Waals surface area contributed by atoms with E-state index in [0.717, 1.165) is 0 Å². The molecule has 0 saturated heterocycles. The van der Waals surface area contributed by atoms with Crippen LogP contribution in [0.4, 0.5) is 4.39 Å². The lowest BCUT2D eigenvalue weighted by molar-refractivity contribution is 0.0993. The predicted octanol–water partition coefficient (Wildman–Crippen LogP) is 5.20. The fourth-order valence-corrected chi connectivity index (χ4v) is 2.31. The van der Waals surface area contributed by atoms with Gasteiger partial charge in [-0.25, -0.2) is 4.39 Å². The third-order valence-corrected chi connectivity index (χ3v) is 3.88. The van der Waals surface area contributed by atoms with Crippen molar-refractivity contribution >= 4 is 17.4 Å². The van der Waals surface area contributed by atoms with Gasteiger partial charge in [0.1, 0.15) is 5.82 Å². The molecule has 0 N–H and O–H groups in total. The van der Waals surface area contributed by atoms with Gasteiger partial charge < -0.3 is 0 Å². The van der Waals surface area contributed by atoms with Gasteiger partial charge in [-0.3, -0.25) is 4.79 Å². The standard InChI is InChI=1S/C18H18ClFO/c1-18(2,3)14-9-7-12(8-10-14)16(21)11-13-5-4-6-15(20)17(13)19/h4-10H,11H2,1-3H3. The molecule has 21 heavy (non-hydrogen) atoms. The molecule has 0 radical (unpaired) electrons. The Kier molecular flexibility index (Phi) is 4.48. The van der Waals surface area contributed by atoms with Gasteiger partial charge in [0.2, 0.25) is 0 Å². The molecule has 0 bridgehead atoms. The molecule has 0 unspecified atom stereocenters. The average molecular weight is 305 g/mol. The summed E-state index contributed by atoms with van der Waals surface area (Å²) >= 11 is 5.88. The zero-order valence-electron chi connectivity index (χ0n) is 12.4. The van der Waals surface area contributed by atoms with E-state index in [-0.39, 0.29) is 22.6 Å². The highest BCUT2D eigenvalue weighted by molar-refractivity contribution is 6.31. The van der Waals surface area contributed by atoms with Crippen LogP contribution in [0, 0.1) is 5.82 Å². The zero-order chi connectivity index (χ0) is 15.6. The maximum absolute atomic E-state index is 13.4. The molecule has 2 rings (SSSR count). The van der Waals surface area contributed by atoms with E-state index in [2.05, 4.69) is 20.8 Å². The number of Topliss-reactive ketones (excluding diaryl/α,β-unsaturated/α-hetero) is 1. The number of carbonyl (C=O) groups excluding carboxylic acids is 1.